The summed E-state index contributed by atoms with van der Waals surface area (Å²) in [5.41, 5.74) is 0. The van der Waals surface area contributed by atoms with Crippen molar-refractivity contribution in [3.8, 4) is 0 Å². The van der Waals surface area contributed by atoms with Gasteiger partial charge in [-0.2, -0.15) is 0 Å². The third-order valence-corrected chi connectivity index (χ3v) is 5.82. The molecule has 2 aliphatic heterocycles. The number of hydrogen-bond acceptors (Lipinski definition) is 4. The van der Waals surface area contributed by atoms with Crippen LogP contribution in [0.2, 0.25) is 0 Å². The molecule has 0 radical (unpaired) electrons. The monoisotopic (exact) mass is 274 g/mol. The van der Waals surface area contributed by atoms with Crippen LogP contribution in [0, 0.1) is 5.92 Å². The summed E-state index contributed by atoms with van der Waals surface area (Å²) in [6.45, 7) is 1.97. The highest BCUT2D eigenvalue weighted by atomic mass is 32.2. The zero-order valence-corrected chi connectivity index (χ0v) is 11.7. The molecule has 2 rings (SSSR count). The van der Waals surface area contributed by atoms with E-state index in [1.807, 2.05) is 0 Å². The average Bonchev–Trinajstić information content (AvgIpc) is 2.70. The van der Waals surface area contributed by atoms with Crippen molar-refractivity contribution in [2.75, 3.05) is 31.6 Å². The van der Waals surface area contributed by atoms with Crippen molar-refractivity contribution in [2.24, 2.45) is 5.92 Å². The maximum Gasteiger partial charge on any atom is 0.222 e. The number of carbonyl (C=O) groups is 1. The highest BCUT2D eigenvalue weighted by molar-refractivity contribution is 7.91. The van der Waals surface area contributed by atoms with Gasteiger partial charge in [0.15, 0.2) is 9.84 Å². The maximum atomic E-state index is 12.1. The maximum absolute atomic E-state index is 12.1. The fourth-order valence-electron chi connectivity index (χ4n) is 2.76. The number of hydrogen-bond donors (Lipinski definition) is 1. The first-order chi connectivity index (χ1) is 8.48. The highest BCUT2D eigenvalue weighted by Gasteiger charge is 2.33. The predicted molar refractivity (Wildman–Crippen MR) is 70.0 cm³/mol. The Morgan fingerprint density at radius 1 is 1.28 bits per heavy atom. The van der Waals surface area contributed by atoms with Crippen LogP contribution < -0.4 is 5.32 Å². The molecule has 2 saturated heterocycles. The summed E-state index contributed by atoms with van der Waals surface area (Å²) in [7, 11) is -1.17. The number of sulfone groups is 1. The predicted octanol–water partition coefficient (Wildman–Crippen LogP) is 0.0216. The molecule has 18 heavy (non-hydrogen) atoms. The Kier molecular flexibility index (Phi) is 4.27. The standard InChI is InChI=1S/C12H22N2O3S/c1-14(11-4-7-18(16,17)9-11)12(15)8-10-2-5-13-6-3-10/h10-11,13H,2-9H2,1H3. The molecule has 1 amide bonds. The lowest BCUT2D eigenvalue weighted by atomic mass is 9.94. The summed E-state index contributed by atoms with van der Waals surface area (Å²) in [6.07, 6.45) is 3.25. The van der Waals surface area contributed by atoms with Gasteiger partial charge in [0.2, 0.25) is 5.91 Å². The Balaban J connectivity index is 1.85. The van der Waals surface area contributed by atoms with E-state index in [0.29, 0.717) is 18.8 Å². The Hall–Kier alpha value is -0.620. The van der Waals surface area contributed by atoms with Gasteiger partial charge in [0.05, 0.1) is 11.5 Å². The van der Waals surface area contributed by atoms with E-state index in [2.05, 4.69) is 5.32 Å². The van der Waals surface area contributed by atoms with Gasteiger partial charge in [-0.3, -0.25) is 4.79 Å². The molecule has 0 aliphatic carbocycles. The van der Waals surface area contributed by atoms with E-state index in [1.54, 1.807) is 11.9 Å². The molecule has 0 bridgehead atoms. The zero-order valence-electron chi connectivity index (χ0n) is 10.9. The van der Waals surface area contributed by atoms with E-state index >= 15 is 0 Å². The number of carbonyl (C=O) groups excluding carboxylic acids is 1. The van der Waals surface area contributed by atoms with E-state index in [9.17, 15) is 13.2 Å². The van der Waals surface area contributed by atoms with Crippen LogP contribution in [0.3, 0.4) is 0 Å². The van der Waals surface area contributed by atoms with Crippen LogP contribution in [0.4, 0.5) is 0 Å². The average molecular weight is 274 g/mol. The molecule has 0 aromatic rings. The number of piperidine rings is 1. The number of amides is 1. The first-order valence-corrected chi connectivity index (χ1v) is 8.47. The second-order valence-corrected chi connectivity index (χ2v) is 7.69. The van der Waals surface area contributed by atoms with Gasteiger partial charge >= 0.3 is 0 Å². The fourth-order valence-corrected chi connectivity index (χ4v) is 4.54. The molecule has 2 fully saturated rings. The quantitative estimate of drug-likeness (QED) is 0.788. The van der Waals surface area contributed by atoms with Crippen molar-refractivity contribution < 1.29 is 13.2 Å². The van der Waals surface area contributed by atoms with Crippen LogP contribution in [-0.2, 0) is 14.6 Å². The first kappa shape index (κ1) is 13.8. The Labute approximate surface area is 109 Å². The minimum atomic E-state index is -2.91. The summed E-state index contributed by atoms with van der Waals surface area (Å²) in [4.78, 5) is 13.8. The minimum absolute atomic E-state index is 0.101. The number of rotatable bonds is 3. The molecular formula is C12H22N2O3S. The van der Waals surface area contributed by atoms with E-state index in [0.717, 1.165) is 25.9 Å². The molecule has 1 unspecified atom stereocenters. The lowest BCUT2D eigenvalue weighted by Crippen LogP contribution is -2.39. The van der Waals surface area contributed by atoms with Crippen LogP contribution >= 0.6 is 0 Å². The van der Waals surface area contributed by atoms with Crippen molar-refractivity contribution in [2.45, 2.75) is 31.7 Å². The van der Waals surface area contributed by atoms with Crippen LogP contribution in [-0.4, -0.2) is 56.9 Å². The summed E-state index contributed by atoms with van der Waals surface area (Å²) >= 11 is 0. The van der Waals surface area contributed by atoms with Gasteiger partial charge in [0, 0.05) is 19.5 Å². The van der Waals surface area contributed by atoms with E-state index in [1.165, 1.54) is 0 Å². The lowest BCUT2D eigenvalue weighted by molar-refractivity contribution is -0.132. The van der Waals surface area contributed by atoms with Gasteiger partial charge in [0.1, 0.15) is 0 Å². The van der Waals surface area contributed by atoms with Crippen molar-refractivity contribution in [1.82, 2.24) is 10.2 Å². The SMILES string of the molecule is CN(C(=O)CC1CCNCC1)C1CCS(=O)(=O)C1. The van der Waals surface area contributed by atoms with Gasteiger partial charge in [0.25, 0.3) is 0 Å². The molecule has 0 aromatic carbocycles. The molecule has 0 saturated carbocycles. The smallest absolute Gasteiger partial charge is 0.222 e. The molecule has 104 valence electrons. The molecule has 1 N–H and O–H groups in total. The largest absolute Gasteiger partial charge is 0.342 e. The van der Waals surface area contributed by atoms with Gasteiger partial charge < -0.3 is 10.2 Å². The molecule has 5 nitrogen and oxygen atoms in total. The summed E-state index contributed by atoms with van der Waals surface area (Å²) in [6, 6.07) is -0.107. The second kappa shape index (κ2) is 5.57. The van der Waals surface area contributed by atoms with Crippen molar-refractivity contribution in [1.29, 1.82) is 0 Å². The summed E-state index contributed by atoms with van der Waals surface area (Å²) in [5.74, 6) is 0.924. The molecule has 1 atom stereocenters. The molecular weight excluding hydrogens is 252 g/mol. The molecule has 2 aliphatic rings. The fraction of sp³-hybridized carbons (Fsp3) is 0.917. The van der Waals surface area contributed by atoms with Crippen molar-refractivity contribution in [3.63, 3.8) is 0 Å². The van der Waals surface area contributed by atoms with Crippen LogP contribution in [0.25, 0.3) is 0 Å². The minimum Gasteiger partial charge on any atom is -0.342 e. The molecule has 2 heterocycles. The van der Waals surface area contributed by atoms with Crippen molar-refractivity contribution >= 4 is 15.7 Å². The normalized spacial score (nSPS) is 28.2. The molecule has 0 spiro atoms. The summed E-state index contributed by atoms with van der Waals surface area (Å²) in [5, 5.41) is 3.28. The third-order valence-electron chi connectivity index (χ3n) is 4.07. The van der Waals surface area contributed by atoms with Crippen LogP contribution in [0.1, 0.15) is 25.7 Å². The van der Waals surface area contributed by atoms with Crippen molar-refractivity contribution in [3.05, 3.63) is 0 Å². The first-order valence-electron chi connectivity index (χ1n) is 6.65. The Bertz CT molecular complexity index is 402. The Morgan fingerprint density at radius 3 is 2.50 bits per heavy atom. The van der Waals surface area contributed by atoms with Gasteiger partial charge in [-0.25, -0.2) is 8.42 Å². The summed E-state index contributed by atoms with van der Waals surface area (Å²) < 4.78 is 22.8. The van der Waals surface area contributed by atoms with E-state index in [-0.39, 0.29) is 23.5 Å². The molecule has 0 aromatic heterocycles. The third kappa shape index (κ3) is 3.45. The van der Waals surface area contributed by atoms with Crippen LogP contribution in [0.5, 0.6) is 0 Å². The Morgan fingerprint density at radius 2 is 1.94 bits per heavy atom. The highest BCUT2D eigenvalue weighted by Crippen LogP contribution is 2.21. The topological polar surface area (TPSA) is 66.5 Å². The van der Waals surface area contributed by atoms with Crippen LogP contribution in [0.15, 0.2) is 0 Å². The number of nitrogens with zero attached hydrogens (tertiary/aromatic N) is 1. The zero-order chi connectivity index (χ0) is 13.2. The van der Waals surface area contributed by atoms with E-state index in [4.69, 9.17) is 0 Å². The second-order valence-electron chi connectivity index (χ2n) is 5.46. The van der Waals surface area contributed by atoms with Gasteiger partial charge in [-0.15, -0.1) is 0 Å². The lowest BCUT2D eigenvalue weighted by Gasteiger charge is -2.27. The van der Waals surface area contributed by atoms with Gasteiger partial charge in [-0.05, 0) is 38.3 Å². The van der Waals surface area contributed by atoms with Gasteiger partial charge in [-0.1, -0.05) is 0 Å². The molecule has 6 heteroatoms. The number of nitrogens with one attached hydrogen (secondary N) is 1. The van der Waals surface area contributed by atoms with E-state index < -0.39 is 9.84 Å².